The van der Waals surface area contributed by atoms with Gasteiger partial charge in [-0.1, -0.05) is 6.07 Å². The molecule has 0 spiro atoms. The number of ether oxygens (including phenoxy) is 1. The fourth-order valence-corrected chi connectivity index (χ4v) is 4.06. The van der Waals surface area contributed by atoms with Gasteiger partial charge in [-0.25, -0.2) is 4.98 Å². The number of rotatable bonds is 8. The summed E-state index contributed by atoms with van der Waals surface area (Å²) in [6.45, 7) is 12.0. The highest BCUT2D eigenvalue weighted by atomic mass is 16.5. The van der Waals surface area contributed by atoms with E-state index in [2.05, 4.69) is 45.8 Å². The minimum atomic E-state index is -0.0927. The molecular weight excluding hydrogens is 352 g/mol. The summed E-state index contributed by atoms with van der Waals surface area (Å²) in [7, 11) is 0. The molecule has 2 aromatic rings. The van der Waals surface area contributed by atoms with E-state index < -0.39 is 0 Å². The first kappa shape index (κ1) is 20.7. The summed E-state index contributed by atoms with van der Waals surface area (Å²) in [4.78, 5) is 25.8. The van der Waals surface area contributed by atoms with E-state index in [1.54, 1.807) is 6.20 Å². The highest BCUT2D eigenvalue weighted by molar-refractivity contribution is 5.22. The van der Waals surface area contributed by atoms with Crippen LogP contribution in [0.3, 0.4) is 0 Å². The van der Waals surface area contributed by atoms with Crippen molar-refractivity contribution in [3.05, 3.63) is 58.0 Å². The Bertz CT molecular complexity index is 831. The fourth-order valence-electron chi connectivity index (χ4n) is 4.06. The van der Waals surface area contributed by atoms with Crippen LogP contribution in [0.1, 0.15) is 50.7 Å². The van der Waals surface area contributed by atoms with Gasteiger partial charge in [0, 0.05) is 54.7 Å². The Hall–Kier alpha value is -2.05. The second kappa shape index (κ2) is 8.53. The number of nitrogens with one attached hydrogen (secondary N) is 1. The first-order chi connectivity index (χ1) is 13.3. The monoisotopic (exact) mass is 384 g/mol. The first-order valence-electron chi connectivity index (χ1n) is 10.1. The Morgan fingerprint density at radius 2 is 2.11 bits per heavy atom. The van der Waals surface area contributed by atoms with Crippen LogP contribution in [0.25, 0.3) is 0 Å². The predicted octanol–water partition coefficient (Wildman–Crippen LogP) is 3.07. The molecule has 0 radical (unpaired) electrons. The molecule has 0 aliphatic carbocycles. The largest absolute Gasteiger partial charge is 0.381 e. The summed E-state index contributed by atoms with van der Waals surface area (Å²) in [5.74, 6) is 0.754. The topological polar surface area (TPSA) is 71.1 Å². The summed E-state index contributed by atoms with van der Waals surface area (Å²) < 4.78 is 5.88. The van der Waals surface area contributed by atoms with Crippen molar-refractivity contribution in [3.63, 3.8) is 0 Å². The summed E-state index contributed by atoms with van der Waals surface area (Å²) >= 11 is 0. The Kier molecular flexibility index (Phi) is 6.30. The molecule has 3 rings (SSSR count). The lowest BCUT2D eigenvalue weighted by molar-refractivity contribution is 0.0382. The van der Waals surface area contributed by atoms with E-state index in [1.165, 1.54) is 11.6 Å². The van der Waals surface area contributed by atoms with Crippen LogP contribution in [0.15, 0.2) is 35.4 Å². The van der Waals surface area contributed by atoms with Gasteiger partial charge in [0.25, 0.3) is 5.56 Å². The summed E-state index contributed by atoms with van der Waals surface area (Å²) in [6.07, 6.45) is 6.35. The molecule has 28 heavy (non-hydrogen) atoms. The van der Waals surface area contributed by atoms with Crippen molar-refractivity contribution in [1.82, 2.24) is 19.9 Å². The molecule has 6 heteroatoms. The summed E-state index contributed by atoms with van der Waals surface area (Å²) in [6, 6.07) is 5.72. The zero-order chi connectivity index (χ0) is 20.2. The van der Waals surface area contributed by atoms with Crippen LogP contribution in [-0.4, -0.2) is 46.2 Å². The van der Waals surface area contributed by atoms with Crippen molar-refractivity contribution in [3.8, 4) is 0 Å². The third kappa shape index (κ3) is 4.67. The van der Waals surface area contributed by atoms with Gasteiger partial charge in [0.05, 0.1) is 6.61 Å². The van der Waals surface area contributed by atoms with Crippen LogP contribution >= 0.6 is 0 Å². The van der Waals surface area contributed by atoms with E-state index in [0.29, 0.717) is 6.61 Å². The number of nitrogens with zero attached hydrogens (tertiary/aromatic N) is 3. The molecule has 0 saturated carbocycles. The average molecular weight is 385 g/mol. The molecule has 0 unspecified atom stereocenters. The number of aryl methyl sites for hydroxylation is 2. The SMILES string of the molecule is CCOC[C@@]1(CCc2nccc(=O)[nH]2)CCN(C(C)(C)c2ccc(C)nc2)C1. The second-order valence-corrected chi connectivity index (χ2v) is 8.44. The van der Waals surface area contributed by atoms with Gasteiger partial charge in [-0.2, -0.15) is 0 Å². The van der Waals surface area contributed by atoms with Crippen molar-refractivity contribution < 1.29 is 4.74 Å². The maximum Gasteiger partial charge on any atom is 0.250 e. The molecule has 1 aliphatic heterocycles. The molecular formula is C22H32N4O2. The molecule has 1 saturated heterocycles. The van der Waals surface area contributed by atoms with Gasteiger partial charge in [0.1, 0.15) is 5.82 Å². The van der Waals surface area contributed by atoms with Gasteiger partial charge in [0.2, 0.25) is 0 Å². The molecule has 1 N–H and O–H groups in total. The minimum Gasteiger partial charge on any atom is -0.381 e. The molecule has 1 aliphatic rings. The number of pyridine rings is 1. The summed E-state index contributed by atoms with van der Waals surface area (Å²) in [5, 5.41) is 0. The van der Waals surface area contributed by atoms with Crippen molar-refractivity contribution in [2.45, 2.75) is 52.5 Å². The molecule has 2 aromatic heterocycles. The molecule has 0 amide bonds. The van der Waals surface area contributed by atoms with Crippen LogP contribution in [0, 0.1) is 12.3 Å². The lowest BCUT2D eigenvalue weighted by Gasteiger charge is -2.38. The van der Waals surface area contributed by atoms with Crippen LogP contribution in [0.4, 0.5) is 0 Å². The van der Waals surface area contributed by atoms with Crippen LogP contribution in [0.2, 0.25) is 0 Å². The minimum absolute atomic E-state index is 0.0693. The van der Waals surface area contributed by atoms with E-state index in [-0.39, 0.29) is 16.5 Å². The molecule has 0 aromatic carbocycles. The maximum atomic E-state index is 11.6. The third-order valence-electron chi connectivity index (χ3n) is 6.07. The number of aromatic nitrogens is 3. The number of aromatic amines is 1. The van der Waals surface area contributed by atoms with Crippen molar-refractivity contribution in [2.24, 2.45) is 5.41 Å². The highest BCUT2D eigenvalue weighted by Gasteiger charge is 2.43. The number of likely N-dealkylation sites (tertiary alicyclic amines) is 1. The van der Waals surface area contributed by atoms with Gasteiger partial charge < -0.3 is 9.72 Å². The molecule has 152 valence electrons. The van der Waals surface area contributed by atoms with Gasteiger partial charge in [-0.15, -0.1) is 0 Å². The molecule has 1 atom stereocenters. The smallest absolute Gasteiger partial charge is 0.250 e. The zero-order valence-electron chi connectivity index (χ0n) is 17.5. The van der Waals surface area contributed by atoms with Crippen molar-refractivity contribution in [1.29, 1.82) is 0 Å². The third-order valence-corrected chi connectivity index (χ3v) is 6.07. The van der Waals surface area contributed by atoms with Crippen LogP contribution in [0.5, 0.6) is 0 Å². The molecule has 6 nitrogen and oxygen atoms in total. The highest BCUT2D eigenvalue weighted by Crippen LogP contribution is 2.41. The number of hydrogen-bond acceptors (Lipinski definition) is 5. The first-order valence-corrected chi connectivity index (χ1v) is 10.1. The van der Waals surface area contributed by atoms with Gasteiger partial charge >= 0.3 is 0 Å². The predicted molar refractivity (Wildman–Crippen MR) is 110 cm³/mol. The lowest BCUT2D eigenvalue weighted by atomic mass is 9.82. The Morgan fingerprint density at radius 3 is 2.79 bits per heavy atom. The second-order valence-electron chi connectivity index (χ2n) is 8.44. The Morgan fingerprint density at radius 1 is 1.29 bits per heavy atom. The van der Waals surface area contributed by atoms with E-state index in [4.69, 9.17) is 4.74 Å². The molecule has 1 fully saturated rings. The lowest BCUT2D eigenvalue weighted by Crippen LogP contribution is -2.42. The quantitative estimate of drug-likeness (QED) is 0.757. The number of hydrogen-bond donors (Lipinski definition) is 1. The maximum absolute atomic E-state index is 11.6. The summed E-state index contributed by atoms with van der Waals surface area (Å²) in [5.41, 5.74) is 2.16. The molecule has 0 bridgehead atoms. The van der Waals surface area contributed by atoms with Crippen LogP contribution < -0.4 is 5.56 Å². The van der Waals surface area contributed by atoms with Gasteiger partial charge in [-0.05, 0) is 58.7 Å². The van der Waals surface area contributed by atoms with Crippen molar-refractivity contribution in [2.75, 3.05) is 26.3 Å². The standard InChI is InChI=1S/C22H32N4O2/c1-5-28-16-22(10-8-19-23-12-9-20(27)25-19)11-13-26(15-22)21(3,4)18-7-6-17(2)24-14-18/h6-7,9,12,14H,5,8,10-11,13,15-16H2,1-4H3,(H,23,25,27)/t22-/m0/s1. The Labute approximate surface area is 167 Å². The number of H-pyrrole nitrogens is 1. The van der Waals surface area contributed by atoms with E-state index in [9.17, 15) is 4.79 Å². The normalized spacial score (nSPS) is 20.6. The fraction of sp³-hybridized carbons (Fsp3) is 0.591. The van der Waals surface area contributed by atoms with E-state index in [0.717, 1.165) is 50.5 Å². The van der Waals surface area contributed by atoms with E-state index >= 15 is 0 Å². The van der Waals surface area contributed by atoms with Gasteiger partial charge in [-0.3, -0.25) is 14.7 Å². The van der Waals surface area contributed by atoms with Crippen LogP contribution in [-0.2, 0) is 16.7 Å². The van der Waals surface area contributed by atoms with E-state index in [1.807, 2.05) is 20.0 Å². The van der Waals surface area contributed by atoms with Gasteiger partial charge in [0.15, 0.2) is 0 Å². The molecule has 3 heterocycles. The van der Waals surface area contributed by atoms with Crippen molar-refractivity contribution >= 4 is 0 Å². The Balaban J connectivity index is 1.75. The average Bonchev–Trinajstić information content (AvgIpc) is 3.11. The zero-order valence-corrected chi connectivity index (χ0v) is 17.5.